The van der Waals surface area contributed by atoms with E-state index in [1.165, 1.54) is 0 Å². The van der Waals surface area contributed by atoms with E-state index in [0.717, 1.165) is 16.7 Å². The molecule has 0 unspecified atom stereocenters. The molecule has 0 fully saturated rings. The second-order valence-corrected chi connectivity index (χ2v) is 7.50. The first-order chi connectivity index (χ1) is 12.8. The number of carbonyl (C=O) groups excluding carboxylic acids is 2. The van der Waals surface area contributed by atoms with Crippen LogP contribution in [0.15, 0.2) is 91.0 Å². The Kier molecular flexibility index (Phi) is 9.58. The van der Waals surface area contributed by atoms with Crippen LogP contribution in [-0.4, -0.2) is 11.6 Å². The fourth-order valence-corrected chi connectivity index (χ4v) is 2.40. The summed E-state index contributed by atoms with van der Waals surface area (Å²) < 4.78 is 0. The first-order valence-electron chi connectivity index (χ1n) is 9.09. The van der Waals surface area contributed by atoms with Crippen molar-refractivity contribution in [3.8, 4) is 0 Å². The van der Waals surface area contributed by atoms with Gasteiger partial charge in [-0.15, -0.1) is 18.2 Å². The van der Waals surface area contributed by atoms with E-state index in [0.29, 0.717) is 6.42 Å². The van der Waals surface area contributed by atoms with Gasteiger partial charge in [0.25, 0.3) is 0 Å². The molecule has 3 aromatic carbocycles. The molecule has 0 aromatic heterocycles. The summed E-state index contributed by atoms with van der Waals surface area (Å²) in [5, 5.41) is 0. The SMILES string of the molecule is CC(C)(C)C=CC(=O)[c-]1cccc1.O=C(Cc1ccccc1)[c-]1[cH-][cH-][cH-][cH-]1.[Fe]. The second kappa shape index (κ2) is 11.4. The molecule has 0 amide bonds. The number of Topliss-reactive ketones (excluding diaryl/α,β-unsaturated/α-hetero) is 1. The van der Waals surface area contributed by atoms with Gasteiger partial charge in [0.1, 0.15) is 5.78 Å². The Morgan fingerprint density at radius 1 is 0.964 bits per heavy atom. The quantitative estimate of drug-likeness (QED) is 0.222. The summed E-state index contributed by atoms with van der Waals surface area (Å²) in [4.78, 5) is 23.1. The van der Waals surface area contributed by atoms with Gasteiger partial charge in [0.15, 0.2) is 0 Å². The van der Waals surface area contributed by atoms with E-state index in [1.807, 2.05) is 84.9 Å². The van der Waals surface area contributed by atoms with Gasteiger partial charge in [0.05, 0.1) is 0 Å². The molecule has 0 aliphatic heterocycles. The third kappa shape index (κ3) is 8.47. The van der Waals surface area contributed by atoms with Gasteiger partial charge < -0.3 is 39.4 Å². The van der Waals surface area contributed by atoms with Crippen molar-refractivity contribution >= 4 is 11.6 Å². The predicted octanol–water partition coefficient (Wildman–Crippen LogP) is 6.02. The van der Waals surface area contributed by atoms with Crippen molar-refractivity contribution in [2.45, 2.75) is 27.2 Å². The third-order valence-corrected chi connectivity index (χ3v) is 3.87. The van der Waals surface area contributed by atoms with E-state index in [-0.39, 0.29) is 34.1 Å². The number of hydrogen-bond acceptors (Lipinski definition) is 2. The van der Waals surface area contributed by atoms with Gasteiger partial charge in [-0.05, 0) is 5.41 Å². The minimum Gasteiger partial charge on any atom is -0.718 e. The summed E-state index contributed by atoms with van der Waals surface area (Å²) in [6, 6.07) is 24.7. The van der Waals surface area contributed by atoms with Gasteiger partial charge in [-0.3, -0.25) is 5.78 Å². The van der Waals surface area contributed by atoms with E-state index in [2.05, 4.69) is 20.8 Å². The van der Waals surface area contributed by atoms with Crippen LogP contribution in [0.5, 0.6) is 0 Å². The first kappa shape index (κ1) is 23.6. The summed E-state index contributed by atoms with van der Waals surface area (Å²) in [6.07, 6.45) is 4.07. The maximum Gasteiger partial charge on any atom is 0.105 e. The number of benzene rings is 1. The fourth-order valence-electron chi connectivity index (χ4n) is 2.40. The van der Waals surface area contributed by atoms with Crippen LogP contribution in [0.2, 0.25) is 0 Å². The Bertz CT molecular complexity index is 849. The molecule has 0 spiro atoms. The first-order valence-corrected chi connectivity index (χ1v) is 9.09. The Morgan fingerprint density at radius 2 is 1.54 bits per heavy atom. The molecule has 0 aliphatic carbocycles. The van der Waals surface area contributed by atoms with Crippen molar-refractivity contribution in [2.24, 2.45) is 5.41 Å². The van der Waals surface area contributed by atoms with Crippen LogP contribution in [0.25, 0.3) is 0 Å². The Balaban J connectivity index is 0.000000271. The molecule has 0 radical (unpaired) electrons. The monoisotopic (exact) mass is 414 g/mol. The van der Waals surface area contributed by atoms with Gasteiger partial charge in [0, 0.05) is 17.1 Å². The van der Waals surface area contributed by atoms with Crippen LogP contribution >= 0.6 is 0 Å². The molecule has 3 aromatic rings. The number of allylic oxidation sites excluding steroid dienone is 2. The van der Waals surface area contributed by atoms with Gasteiger partial charge in [-0.2, -0.15) is 12.1 Å². The average molecular weight is 414 g/mol. The Morgan fingerprint density at radius 3 is 2.07 bits per heavy atom. The van der Waals surface area contributed by atoms with E-state index >= 15 is 0 Å². The number of ketones is 2. The zero-order valence-corrected chi connectivity index (χ0v) is 17.6. The van der Waals surface area contributed by atoms with Crippen LogP contribution in [0.3, 0.4) is 0 Å². The number of hydrogen-bond donors (Lipinski definition) is 0. The molecule has 2 nitrogen and oxygen atoms in total. The normalized spacial score (nSPS) is 10.7. The van der Waals surface area contributed by atoms with Crippen molar-refractivity contribution in [1.29, 1.82) is 0 Å². The van der Waals surface area contributed by atoms with Crippen molar-refractivity contribution in [2.75, 3.05) is 0 Å². The zero-order chi connectivity index (χ0) is 19.7. The van der Waals surface area contributed by atoms with Crippen LogP contribution < -0.4 is 0 Å². The molecule has 152 valence electrons. The van der Waals surface area contributed by atoms with Gasteiger partial charge >= 0.3 is 0 Å². The average Bonchev–Trinajstić information content (AvgIpc) is 3.34. The minimum atomic E-state index is 0. The van der Waals surface area contributed by atoms with E-state index in [9.17, 15) is 9.59 Å². The minimum absolute atomic E-state index is 0. The molecule has 0 saturated carbocycles. The molecular weight excluding hydrogens is 388 g/mol. The van der Waals surface area contributed by atoms with Gasteiger partial charge in [0.2, 0.25) is 0 Å². The molecule has 0 N–H and O–H groups in total. The molecule has 0 aliphatic rings. The van der Waals surface area contributed by atoms with Gasteiger partial charge in [-0.25, -0.2) is 0 Å². The van der Waals surface area contributed by atoms with Crippen LogP contribution in [-0.2, 0) is 23.5 Å². The maximum absolute atomic E-state index is 11.7. The summed E-state index contributed by atoms with van der Waals surface area (Å²) in [7, 11) is 0. The Labute approximate surface area is 178 Å². The van der Waals surface area contributed by atoms with Crippen LogP contribution in [0.4, 0.5) is 0 Å². The van der Waals surface area contributed by atoms with E-state index < -0.39 is 0 Å². The third-order valence-electron chi connectivity index (χ3n) is 3.87. The van der Waals surface area contributed by atoms with Crippen molar-refractivity contribution in [3.05, 3.63) is 108 Å². The number of rotatable bonds is 5. The molecule has 3 rings (SSSR count). The van der Waals surface area contributed by atoms with Crippen molar-refractivity contribution in [1.82, 2.24) is 0 Å². The summed E-state index contributed by atoms with van der Waals surface area (Å²) in [5.41, 5.74) is 2.70. The molecule has 28 heavy (non-hydrogen) atoms. The standard InChI is InChI=1S/C13H11O.C12H15O.Fe/c14-13(12-8-4-5-9-12)10-11-6-2-1-3-7-11;1-12(2,3)9-8-11(13)10-6-4-5-7-10;/h1-9H,10H2;4-9H,1-3H3;/q-5;-1;. The van der Waals surface area contributed by atoms with Crippen molar-refractivity contribution < 1.29 is 26.7 Å². The van der Waals surface area contributed by atoms with Crippen molar-refractivity contribution in [3.63, 3.8) is 0 Å². The molecule has 3 heteroatoms. The maximum atomic E-state index is 11.7. The van der Waals surface area contributed by atoms with Gasteiger partial charge in [-0.1, -0.05) is 74.7 Å². The summed E-state index contributed by atoms with van der Waals surface area (Å²) in [5.74, 6) is 0.265. The Hall–Kier alpha value is -2.48. The van der Waals surface area contributed by atoms with Crippen LogP contribution in [0.1, 0.15) is 47.1 Å². The molecule has 0 saturated heterocycles. The summed E-state index contributed by atoms with van der Waals surface area (Å²) >= 11 is 0. The summed E-state index contributed by atoms with van der Waals surface area (Å²) in [6.45, 7) is 6.21. The van der Waals surface area contributed by atoms with Crippen LogP contribution in [0, 0.1) is 5.41 Å². The molecular formula is C25H26FeO2-6. The fraction of sp³-hybridized carbons (Fsp3) is 0.200. The topological polar surface area (TPSA) is 34.1 Å². The zero-order valence-electron chi connectivity index (χ0n) is 16.5. The molecule has 0 atom stereocenters. The smallest absolute Gasteiger partial charge is 0.105 e. The number of carbonyl (C=O) groups is 2. The van der Waals surface area contributed by atoms with E-state index in [1.54, 1.807) is 6.08 Å². The largest absolute Gasteiger partial charge is 0.718 e. The molecule has 0 heterocycles. The predicted molar refractivity (Wildman–Crippen MR) is 111 cm³/mol. The molecule has 0 bridgehead atoms. The van der Waals surface area contributed by atoms with E-state index in [4.69, 9.17) is 0 Å². The second-order valence-electron chi connectivity index (χ2n) is 7.50.